The third kappa shape index (κ3) is 4.59. The number of Topliss-reactive ketones (excluding diaryl/α,β-unsaturated/α-hetero) is 1. The highest BCUT2D eigenvalue weighted by molar-refractivity contribution is 6.46. The van der Waals surface area contributed by atoms with Crippen molar-refractivity contribution >= 4 is 23.4 Å². The number of nitrogens with zero attached hydrogens (tertiary/aromatic N) is 2. The van der Waals surface area contributed by atoms with Gasteiger partial charge in [0.05, 0.1) is 24.3 Å². The van der Waals surface area contributed by atoms with Gasteiger partial charge in [0.25, 0.3) is 11.7 Å². The van der Waals surface area contributed by atoms with Gasteiger partial charge in [0.15, 0.2) is 11.5 Å². The predicted molar refractivity (Wildman–Crippen MR) is 127 cm³/mol. The lowest BCUT2D eigenvalue weighted by Gasteiger charge is -2.28. The minimum absolute atomic E-state index is 0.0146. The average Bonchev–Trinajstić information content (AvgIpc) is 3.46. The first-order valence-electron chi connectivity index (χ1n) is 11.5. The topological polar surface area (TPSA) is 106 Å². The number of likely N-dealkylation sites (N-methyl/N-ethyl adjacent to an activating group) is 1. The Balaban J connectivity index is 1.78. The van der Waals surface area contributed by atoms with Crippen LogP contribution in [0.1, 0.15) is 41.4 Å². The van der Waals surface area contributed by atoms with E-state index in [0.29, 0.717) is 41.3 Å². The molecule has 0 aliphatic carbocycles. The number of carbonyl (C=O) groups is 3. The Morgan fingerprint density at radius 1 is 1.06 bits per heavy atom. The Hall–Kier alpha value is -3.85. The number of ether oxygens (including phenoxy) is 3. The van der Waals surface area contributed by atoms with E-state index in [2.05, 4.69) is 4.90 Å². The Morgan fingerprint density at radius 2 is 1.71 bits per heavy atom. The van der Waals surface area contributed by atoms with E-state index in [0.717, 1.165) is 13.1 Å². The van der Waals surface area contributed by atoms with Crippen LogP contribution in [0, 0.1) is 0 Å². The van der Waals surface area contributed by atoms with Gasteiger partial charge in [-0.1, -0.05) is 26.0 Å². The second-order valence-electron chi connectivity index (χ2n) is 8.20. The van der Waals surface area contributed by atoms with E-state index in [1.54, 1.807) is 42.5 Å². The maximum Gasteiger partial charge on any atom is 0.337 e. The van der Waals surface area contributed by atoms with Gasteiger partial charge in [-0.15, -0.1) is 0 Å². The van der Waals surface area contributed by atoms with Crippen LogP contribution >= 0.6 is 0 Å². The minimum Gasteiger partial charge on any atom is -0.507 e. The Bertz CT molecular complexity index is 1170. The van der Waals surface area contributed by atoms with Gasteiger partial charge in [0.2, 0.25) is 6.79 Å². The first kappa shape index (κ1) is 24.3. The molecule has 0 aromatic heterocycles. The number of benzene rings is 2. The molecule has 1 saturated heterocycles. The van der Waals surface area contributed by atoms with Crippen LogP contribution in [-0.4, -0.2) is 72.6 Å². The van der Waals surface area contributed by atoms with Crippen molar-refractivity contribution in [3.63, 3.8) is 0 Å². The van der Waals surface area contributed by atoms with E-state index in [1.807, 2.05) is 13.8 Å². The smallest absolute Gasteiger partial charge is 0.337 e. The molecule has 1 unspecified atom stereocenters. The van der Waals surface area contributed by atoms with E-state index in [9.17, 15) is 19.5 Å². The lowest BCUT2D eigenvalue weighted by molar-refractivity contribution is -0.140. The molecule has 0 bridgehead atoms. The summed E-state index contributed by atoms with van der Waals surface area (Å²) in [7, 11) is 1.30. The third-order valence-electron chi connectivity index (χ3n) is 6.39. The number of amides is 1. The fourth-order valence-corrected chi connectivity index (χ4v) is 4.36. The summed E-state index contributed by atoms with van der Waals surface area (Å²) >= 11 is 0. The zero-order valence-corrected chi connectivity index (χ0v) is 19.9. The fraction of sp³-hybridized carbons (Fsp3) is 0.346. The van der Waals surface area contributed by atoms with Crippen LogP contribution in [0.15, 0.2) is 48.0 Å². The van der Waals surface area contributed by atoms with Gasteiger partial charge in [-0.2, -0.15) is 0 Å². The molecular weight excluding hydrogens is 452 g/mol. The van der Waals surface area contributed by atoms with Crippen LogP contribution in [0.3, 0.4) is 0 Å². The number of aliphatic hydroxyl groups is 1. The van der Waals surface area contributed by atoms with Crippen LogP contribution in [0.25, 0.3) is 5.76 Å². The largest absolute Gasteiger partial charge is 0.507 e. The van der Waals surface area contributed by atoms with E-state index < -0.39 is 23.7 Å². The molecule has 2 aliphatic rings. The van der Waals surface area contributed by atoms with Gasteiger partial charge in [-0.05, 0) is 49.0 Å². The fourth-order valence-electron chi connectivity index (χ4n) is 4.36. The Morgan fingerprint density at radius 3 is 2.37 bits per heavy atom. The van der Waals surface area contributed by atoms with Crippen molar-refractivity contribution in [3.05, 3.63) is 64.7 Å². The van der Waals surface area contributed by atoms with Crippen LogP contribution in [-0.2, 0) is 14.3 Å². The quantitative estimate of drug-likeness (QED) is 0.266. The summed E-state index contributed by atoms with van der Waals surface area (Å²) in [5, 5.41) is 11.2. The SMILES string of the molecule is CCN(CC)CCN1C(=O)C(=O)/C(=C(\O)c2ccc3c(c2)OCO3)C1c1ccc(C(=O)OC)cc1. The maximum atomic E-state index is 13.2. The summed E-state index contributed by atoms with van der Waals surface area (Å²) in [6.45, 7) is 6.60. The van der Waals surface area contributed by atoms with Gasteiger partial charge in [0, 0.05) is 18.7 Å². The molecule has 0 saturated carbocycles. The number of ketones is 1. The van der Waals surface area contributed by atoms with Gasteiger partial charge < -0.3 is 29.1 Å². The molecule has 9 heteroatoms. The van der Waals surface area contributed by atoms with Crippen molar-refractivity contribution in [2.45, 2.75) is 19.9 Å². The zero-order valence-electron chi connectivity index (χ0n) is 19.9. The van der Waals surface area contributed by atoms with Gasteiger partial charge in [0.1, 0.15) is 5.76 Å². The van der Waals surface area contributed by atoms with Crippen molar-refractivity contribution in [1.82, 2.24) is 9.80 Å². The molecule has 1 N–H and O–H groups in total. The van der Waals surface area contributed by atoms with Crippen molar-refractivity contribution in [2.24, 2.45) is 0 Å². The molecule has 2 heterocycles. The van der Waals surface area contributed by atoms with Crippen molar-refractivity contribution < 1.29 is 33.7 Å². The van der Waals surface area contributed by atoms with Crippen LogP contribution < -0.4 is 9.47 Å². The molecule has 0 spiro atoms. The number of aliphatic hydroxyl groups excluding tert-OH is 1. The Kier molecular flexibility index (Phi) is 7.07. The third-order valence-corrected chi connectivity index (χ3v) is 6.39. The maximum absolute atomic E-state index is 13.2. The average molecular weight is 481 g/mol. The molecule has 1 fully saturated rings. The van der Waals surface area contributed by atoms with E-state index in [-0.39, 0.29) is 18.1 Å². The molecule has 4 rings (SSSR count). The lowest BCUT2D eigenvalue weighted by Crippen LogP contribution is -2.38. The van der Waals surface area contributed by atoms with Gasteiger partial charge in [-0.25, -0.2) is 4.79 Å². The highest BCUT2D eigenvalue weighted by Crippen LogP contribution is 2.41. The molecule has 184 valence electrons. The Labute approximate surface area is 203 Å². The van der Waals surface area contributed by atoms with Crippen LogP contribution in [0.5, 0.6) is 11.5 Å². The summed E-state index contributed by atoms with van der Waals surface area (Å²) in [6.07, 6.45) is 0. The molecule has 2 aromatic carbocycles. The molecule has 35 heavy (non-hydrogen) atoms. The molecular formula is C26H28N2O7. The number of carbonyl (C=O) groups excluding carboxylic acids is 3. The highest BCUT2D eigenvalue weighted by atomic mass is 16.7. The summed E-state index contributed by atoms with van der Waals surface area (Å²) in [5.74, 6) is -1.25. The molecule has 9 nitrogen and oxygen atoms in total. The van der Waals surface area contributed by atoms with Crippen LogP contribution in [0.4, 0.5) is 0 Å². The number of esters is 1. The summed E-state index contributed by atoms with van der Waals surface area (Å²) < 4.78 is 15.5. The predicted octanol–water partition coefficient (Wildman–Crippen LogP) is 2.97. The number of fused-ring (bicyclic) bond motifs is 1. The number of methoxy groups -OCH3 is 1. The monoisotopic (exact) mass is 480 g/mol. The van der Waals surface area contributed by atoms with Crippen molar-refractivity contribution in [1.29, 1.82) is 0 Å². The number of likely N-dealkylation sites (tertiary alicyclic amines) is 1. The normalized spacial score (nSPS) is 18.4. The van der Waals surface area contributed by atoms with Crippen molar-refractivity contribution in [3.8, 4) is 11.5 Å². The highest BCUT2D eigenvalue weighted by Gasteiger charge is 2.46. The molecule has 1 amide bonds. The number of rotatable bonds is 8. The number of hydrogen-bond donors (Lipinski definition) is 1. The van der Waals surface area contributed by atoms with Crippen LogP contribution in [0.2, 0.25) is 0 Å². The van der Waals surface area contributed by atoms with Crippen molar-refractivity contribution in [2.75, 3.05) is 40.1 Å². The molecule has 2 aromatic rings. The minimum atomic E-state index is -0.817. The molecule has 1 atom stereocenters. The number of hydrogen-bond acceptors (Lipinski definition) is 8. The van der Waals surface area contributed by atoms with E-state index in [4.69, 9.17) is 14.2 Å². The first-order chi connectivity index (χ1) is 16.9. The summed E-state index contributed by atoms with van der Waals surface area (Å²) in [5.41, 5.74) is 1.26. The zero-order chi connectivity index (χ0) is 25.1. The molecule has 2 aliphatic heterocycles. The molecule has 0 radical (unpaired) electrons. The second-order valence-corrected chi connectivity index (χ2v) is 8.20. The first-order valence-corrected chi connectivity index (χ1v) is 11.5. The lowest BCUT2D eigenvalue weighted by atomic mass is 9.94. The second kappa shape index (κ2) is 10.2. The summed E-state index contributed by atoms with van der Waals surface area (Å²) in [4.78, 5) is 41.8. The van der Waals surface area contributed by atoms with E-state index >= 15 is 0 Å². The van der Waals surface area contributed by atoms with E-state index in [1.165, 1.54) is 12.0 Å². The van der Waals surface area contributed by atoms with Gasteiger partial charge in [-0.3, -0.25) is 9.59 Å². The summed E-state index contributed by atoms with van der Waals surface area (Å²) in [6, 6.07) is 10.5. The van der Waals surface area contributed by atoms with Gasteiger partial charge >= 0.3 is 5.97 Å². The standard InChI is InChI=1S/C26H28N2O7/c1-4-27(5-2)12-13-28-22(16-6-8-17(9-7-16)26(32)33-3)21(24(30)25(28)31)23(29)18-10-11-19-20(14-18)35-15-34-19/h6-11,14,22,29H,4-5,12-13,15H2,1-3H3/b23-21-.